The van der Waals surface area contributed by atoms with E-state index in [-0.39, 0.29) is 16.2 Å². The molecule has 0 atom stereocenters. The number of aromatic nitrogens is 1. The monoisotopic (exact) mass is 283 g/mol. The van der Waals surface area contributed by atoms with Gasteiger partial charge in [0.15, 0.2) is 5.78 Å². The molecule has 18 heavy (non-hydrogen) atoms. The van der Waals surface area contributed by atoms with E-state index in [0.29, 0.717) is 26.5 Å². The first-order valence-electron chi connectivity index (χ1n) is 5.18. The van der Waals surface area contributed by atoms with Crippen LogP contribution in [0, 0.1) is 13.8 Å². The number of ketones is 1. The fourth-order valence-electron chi connectivity index (χ4n) is 1.91. The largest absolute Gasteiger partial charge is 0.477 e. The molecule has 0 aliphatic carbocycles. The van der Waals surface area contributed by atoms with Gasteiger partial charge in [-0.25, -0.2) is 9.78 Å². The van der Waals surface area contributed by atoms with E-state index in [1.54, 1.807) is 13.8 Å². The second-order valence-electron chi connectivity index (χ2n) is 3.98. The molecule has 0 radical (unpaired) electrons. The molecule has 0 saturated carbocycles. The van der Waals surface area contributed by atoms with Gasteiger partial charge >= 0.3 is 5.97 Å². The van der Waals surface area contributed by atoms with Crippen LogP contribution in [0.4, 0.5) is 0 Å². The molecule has 2 aromatic heterocycles. The molecule has 0 fully saturated rings. The normalized spacial score (nSPS) is 10.9. The molecule has 0 aliphatic heterocycles. The molecule has 2 aromatic rings. The van der Waals surface area contributed by atoms with Gasteiger partial charge < -0.3 is 5.11 Å². The number of fused-ring (bicyclic) bond motifs is 1. The van der Waals surface area contributed by atoms with Crippen molar-refractivity contribution < 1.29 is 14.7 Å². The highest BCUT2D eigenvalue weighted by Gasteiger charge is 2.24. The predicted molar refractivity (Wildman–Crippen MR) is 71.1 cm³/mol. The summed E-state index contributed by atoms with van der Waals surface area (Å²) in [5.74, 6) is -1.40. The molecule has 0 aromatic carbocycles. The molecule has 4 nitrogen and oxygen atoms in total. The van der Waals surface area contributed by atoms with Crippen LogP contribution in [-0.2, 0) is 0 Å². The zero-order valence-electron chi connectivity index (χ0n) is 10.00. The molecule has 0 spiro atoms. The number of halogens is 1. The second-order valence-corrected chi connectivity index (χ2v) is 5.36. The van der Waals surface area contributed by atoms with Crippen molar-refractivity contribution in [3.63, 3.8) is 0 Å². The molecule has 0 aliphatic rings. The molecule has 94 valence electrons. The first kappa shape index (κ1) is 13.0. The highest BCUT2D eigenvalue weighted by Crippen LogP contribution is 2.36. The van der Waals surface area contributed by atoms with Gasteiger partial charge in [0.2, 0.25) is 0 Å². The average molecular weight is 284 g/mol. The maximum absolute atomic E-state index is 11.7. The summed E-state index contributed by atoms with van der Waals surface area (Å²) in [6.45, 7) is 4.87. The lowest BCUT2D eigenvalue weighted by atomic mass is 10.0. The van der Waals surface area contributed by atoms with E-state index < -0.39 is 5.97 Å². The molecule has 0 unspecified atom stereocenters. The zero-order chi connectivity index (χ0) is 13.6. The van der Waals surface area contributed by atoms with Crippen LogP contribution in [0.15, 0.2) is 0 Å². The SMILES string of the molecule is CC(=O)c1c(C(=O)O)sc2nc(C)c(Cl)c(C)c12. The Hall–Kier alpha value is -1.46. The summed E-state index contributed by atoms with van der Waals surface area (Å²) in [5, 5.41) is 10.2. The van der Waals surface area contributed by atoms with Crippen LogP contribution in [0.25, 0.3) is 10.2 Å². The van der Waals surface area contributed by atoms with E-state index in [4.69, 9.17) is 16.7 Å². The average Bonchev–Trinajstić information content (AvgIpc) is 2.65. The van der Waals surface area contributed by atoms with E-state index in [2.05, 4.69) is 4.98 Å². The van der Waals surface area contributed by atoms with Gasteiger partial charge in [0, 0.05) is 5.39 Å². The van der Waals surface area contributed by atoms with Crippen LogP contribution < -0.4 is 0 Å². The number of carboxylic acids is 1. The number of hydrogen-bond acceptors (Lipinski definition) is 4. The summed E-state index contributed by atoms with van der Waals surface area (Å²) in [6.07, 6.45) is 0. The Balaban J connectivity index is 3.01. The Morgan fingerprint density at radius 3 is 2.44 bits per heavy atom. The lowest BCUT2D eigenvalue weighted by molar-refractivity contribution is 0.0698. The molecule has 2 heterocycles. The molecule has 6 heteroatoms. The van der Waals surface area contributed by atoms with Gasteiger partial charge in [-0.15, -0.1) is 11.3 Å². The number of rotatable bonds is 2. The quantitative estimate of drug-likeness (QED) is 0.857. The Morgan fingerprint density at radius 1 is 1.33 bits per heavy atom. The predicted octanol–water partition coefficient (Wildman–Crippen LogP) is 3.47. The second kappa shape index (κ2) is 4.33. The van der Waals surface area contributed by atoms with Crippen LogP contribution in [0.2, 0.25) is 5.02 Å². The fraction of sp³-hybridized carbons (Fsp3) is 0.250. The van der Waals surface area contributed by atoms with E-state index in [0.717, 1.165) is 11.3 Å². The summed E-state index contributed by atoms with van der Waals surface area (Å²) in [6, 6.07) is 0. The smallest absolute Gasteiger partial charge is 0.346 e. The number of hydrogen-bond donors (Lipinski definition) is 1. The third-order valence-corrected chi connectivity index (χ3v) is 4.36. The lowest BCUT2D eigenvalue weighted by Gasteiger charge is -2.04. The van der Waals surface area contributed by atoms with Crippen molar-refractivity contribution in [2.75, 3.05) is 0 Å². The van der Waals surface area contributed by atoms with Crippen LogP contribution in [0.1, 0.15) is 38.2 Å². The minimum Gasteiger partial charge on any atom is -0.477 e. The number of aromatic carboxylic acids is 1. The number of carboxylic acid groups (broad SMARTS) is 1. The van der Waals surface area contributed by atoms with E-state index >= 15 is 0 Å². The Bertz CT molecular complexity index is 690. The van der Waals surface area contributed by atoms with Crippen LogP contribution >= 0.6 is 22.9 Å². The van der Waals surface area contributed by atoms with Gasteiger partial charge in [0.05, 0.1) is 16.3 Å². The van der Waals surface area contributed by atoms with Gasteiger partial charge in [-0.3, -0.25) is 4.79 Å². The van der Waals surface area contributed by atoms with E-state index in [1.807, 2.05) is 0 Å². The summed E-state index contributed by atoms with van der Waals surface area (Å²) in [4.78, 5) is 27.7. The molecular weight excluding hydrogens is 274 g/mol. The topological polar surface area (TPSA) is 67.3 Å². The Morgan fingerprint density at radius 2 is 1.94 bits per heavy atom. The number of aryl methyl sites for hydroxylation is 2. The molecule has 0 amide bonds. The molecule has 1 N–H and O–H groups in total. The maximum atomic E-state index is 11.7. The number of pyridine rings is 1. The van der Waals surface area contributed by atoms with Crippen molar-refractivity contribution in [2.24, 2.45) is 0 Å². The molecular formula is C12H10ClNO3S. The summed E-state index contributed by atoms with van der Waals surface area (Å²) in [5.41, 5.74) is 1.54. The molecule has 2 rings (SSSR count). The summed E-state index contributed by atoms with van der Waals surface area (Å²) < 4.78 is 0. The van der Waals surface area contributed by atoms with E-state index in [9.17, 15) is 9.59 Å². The third-order valence-electron chi connectivity index (χ3n) is 2.73. The van der Waals surface area contributed by atoms with E-state index in [1.165, 1.54) is 6.92 Å². The molecule has 0 bridgehead atoms. The van der Waals surface area contributed by atoms with Crippen molar-refractivity contribution in [2.45, 2.75) is 20.8 Å². The van der Waals surface area contributed by atoms with Gasteiger partial charge in [0.1, 0.15) is 9.71 Å². The number of carbonyl (C=O) groups excluding carboxylic acids is 1. The van der Waals surface area contributed by atoms with Crippen LogP contribution in [0.5, 0.6) is 0 Å². The summed E-state index contributed by atoms with van der Waals surface area (Å²) in [7, 11) is 0. The highest BCUT2D eigenvalue weighted by atomic mass is 35.5. The van der Waals surface area contributed by atoms with Gasteiger partial charge in [0.25, 0.3) is 0 Å². The lowest BCUT2D eigenvalue weighted by Crippen LogP contribution is -2.02. The third kappa shape index (κ3) is 1.79. The number of Topliss-reactive ketones (excluding diaryl/α,β-unsaturated/α-hetero) is 1. The first-order chi connectivity index (χ1) is 8.34. The minimum atomic E-state index is -1.11. The number of carbonyl (C=O) groups is 2. The van der Waals surface area contributed by atoms with Gasteiger partial charge in [-0.1, -0.05) is 11.6 Å². The van der Waals surface area contributed by atoms with Gasteiger partial charge in [-0.05, 0) is 26.3 Å². The minimum absolute atomic E-state index is 0.0229. The Labute approximate surface area is 112 Å². The maximum Gasteiger partial charge on any atom is 0.346 e. The highest BCUT2D eigenvalue weighted by molar-refractivity contribution is 7.20. The van der Waals surface area contributed by atoms with Crippen molar-refractivity contribution in [3.8, 4) is 0 Å². The zero-order valence-corrected chi connectivity index (χ0v) is 11.6. The van der Waals surface area contributed by atoms with Crippen LogP contribution in [0.3, 0.4) is 0 Å². The fourth-order valence-corrected chi connectivity index (χ4v) is 3.22. The van der Waals surface area contributed by atoms with Gasteiger partial charge in [-0.2, -0.15) is 0 Å². The Kier molecular flexibility index (Phi) is 3.12. The van der Waals surface area contributed by atoms with Crippen molar-refractivity contribution in [3.05, 3.63) is 26.7 Å². The van der Waals surface area contributed by atoms with Crippen LogP contribution in [-0.4, -0.2) is 21.8 Å². The van der Waals surface area contributed by atoms with Crippen molar-refractivity contribution in [1.82, 2.24) is 4.98 Å². The first-order valence-corrected chi connectivity index (χ1v) is 6.37. The number of nitrogens with zero attached hydrogens (tertiary/aromatic N) is 1. The standard InChI is InChI=1S/C12H10ClNO3S/c1-4-7-8(6(3)15)10(12(16)17)18-11(7)14-5(2)9(4)13/h1-3H3,(H,16,17). The van der Waals surface area contributed by atoms with Crippen molar-refractivity contribution >= 4 is 44.9 Å². The van der Waals surface area contributed by atoms with Crippen molar-refractivity contribution in [1.29, 1.82) is 0 Å². The molecule has 0 saturated heterocycles. The summed E-state index contributed by atoms with van der Waals surface area (Å²) >= 11 is 7.11. The number of thiophene rings is 1.